The maximum Gasteiger partial charge on any atom is 0.0547 e. The molecule has 1 N–H and O–H groups in total. The van der Waals surface area contributed by atoms with Crippen LogP contribution in [0.2, 0.25) is 0 Å². The van der Waals surface area contributed by atoms with Gasteiger partial charge >= 0.3 is 0 Å². The van der Waals surface area contributed by atoms with Crippen LogP contribution in [0.5, 0.6) is 0 Å². The lowest BCUT2D eigenvalue weighted by atomic mass is 9.83. The summed E-state index contributed by atoms with van der Waals surface area (Å²) < 4.78 is 2.48. The van der Waals surface area contributed by atoms with Gasteiger partial charge < -0.3 is 9.55 Å². The van der Waals surface area contributed by atoms with Crippen LogP contribution in [0.25, 0.3) is 82.0 Å². The number of rotatable bonds is 2. The fraction of sp³-hybridized carbons (Fsp3) is 0.191. The summed E-state index contributed by atoms with van der Waals surface area (Å²) in [6.45, 7) is 16.1. The molecule has 9 rings (SSSR count). The highest BCUT2D eigenvalue weighted by molar-refractivity contribution is 6.28. The second kappa shape index (κ2) is 10.3. The van der Waals surface area contributed by atoms with E-state index in [1.165, 1.54) is 98.7 Å². The molecule has 0 aliphatic carbocycles. The van der Waals surface area contributed by atoms with Crippen LogP contribution in [0.3, 0.4) is 0 Å². The van der Waals surface area contributed by atoms with Gasteiger partial charge in [-0.1, -0.05) is 114 Å². The van der Waals surface area contributed by atoms with Crippen LogP contribution in [-0.4, -0.2) is 9.55 Å². The Morgan fingerprint density at radius 2 is 1.08 bits per heavy atom. The molecular weight excluding hydrogens is 593 g/mol. The highest BCUT2D eigenvalue weighted by Crippen LogP contribution is 2.43. The number of fused-ring (bicyclic) bond motifs is 10. The summed E-state index contributed by atoms with van der Waals surface area (Å²) in [5.41, 5.74) is 12.6. The van der Waals surface area contributed by atoms with Crippen molar-refractivity contribution in [3.05, 3.63) is 138 Å². The van der Waals surface area contributed by atoms with Gasteiger partial charge in [0.1, 0.15) is 0 Å². The lowest BCUT2D eigenvalue weighted by Gasteiger charge is -2.22. The van der Waals surface area contributed by atoms with E-state index < -0.39 is 0 Å². The molecule has 0 saturated carbocycles. The molecule has 0 atom stereocenters. The Morgan fingerprint density at radius 1 is 0.490 bits per heavy atom. The number of nitrogens with zero attached hydrogens (tertiary/aromatic N) is 1. The molecule has 2 aromatic heterocycles. The molecule has 0 spiro atoms. The van der Waals surface area contributed by atoms with Crippen molar-refractivity contribution >= 4 is 65.2 Å². The minimum atomic E-state index is -0.00533. The van der Waals surface area contributed by atoms with E-state index in [0.717, 1.165) is 0 Å². The van der Waals surface area contributed by atoms with E-state index in [-0.39, 0.29) is 10.8 Å². The standard InChI is InChI=1S/C47H42N2/c1-28-16-20-33(49-41-22-17-29-12-8-10-14-34(29)43(41)44-35-15-11-9-13-30(35)18-23-42(44)49)27-36(28)38-25-32(47(5,6)7)26-39-37-24-31(46(2,3)4)19-21-40(37)48-45(38)39/h8-27,48H,1-7H3. The molecule has 0 aliphatic rings. The lowest BCUT2D eigenvalue weighted by Crippen LogP contribution is -2.11. The van der Waals surface area contributed by atoms with Gasteiger partial charge in [-0.25, -0.2) is 0 Å². The largest absolute Gasteiger partial charge is 0.354 e. The average Bonchev–Trinajstić information content (AvgIpc) is 3.63. The fourth-order valence-corrected chi connectivity index (χ4v) is 7.98. The number of hydrogen-bond donors (Lipinski definition) is 1. The highest BCUT2D eigenvalue weighted by Gasteiger charge is 2.23. The zero-order valence-electron chi connectivity index (χ0n) is 29.5. The summed E-state index contributed by atoms with van der Waals surface area (Å²) in [4.78, 5) is 3.88. The predicted molar refractivity (Wildman–Crippen MR) is 213 cm³/mol. The molecule has 0 unspecified atom stereocenters. The Balaban J connectivity index is 1.37. The van der Waals surface area contributed by atoms with Crippen molar-refractivity contribution in [3.63, 3.8) is 0 Å². The van der Waals surface area contributed by atoms with Crippen molar-refractivity contribution < 1.29 is 0 Å². The monoisotopic (exact) mass is 634 g/mol. The Hall–Kier alpha value is -5.34. The molecule has 0 bridgehead atoms. The molecule has 2 heterocycles. The number of aromatic amines is 1. The molecule has 240 valence electrons. The third kappa shape index (κ3) is 4.54. The van der Waals surface area contributed by atoms with Gasteiger partial charge in [0.25, 0.3) is 0 Å². The van der Waals surface area contributed by atoms with Crippen molar-refractivity contribution in [2.45, 2.75) is 59.3 Å². The highest BCUT2D eigenvalue weighted by atomic mass is 15.0. The second-order valence-corrected chi connectivity index (χ2v) is 16.0. The van der Waals surface area contributed by atoms with E-state index in [0.29, 0.717) is 0 Å². The van der Waals surface area contributed by atoms with Crippen molar-refractivity contribution in [2.24, 2.45) is 0 Å². The molecule has 0 amide bonds. The third-order valence-corrected chi connectivity index (χ3v) is 10.8. The SMILES string of the molecule is Cc1ccc(-n2c3ccc4ccccc4c3c3c4ccccc4ccc32)cc1-c1cc(C(C)(C)C)cc2c1[nH]c1ccc(C(C)(C)C)cc12. The summed E-state index contributed by atoms with van der Waals surface area (Å²) in [7, 11) is 0. The Morgan fingerprint density at radius 3 is 1.69 bits per heavy atom. The zero-order valence-corrected chi connectivity index (χ0v) is 29.5. The molecule has 49 heavy (non-hydrogen) atoms. The van der Waals surface area contributed by atoms with Gasteiger partial charge in [0.05, 0.1) is 16.6 Å². The van der Waals surface area contributed by atoms with Crippen LogP contribution in [0.15, 0.2) is 121 Å². The summed E-state index contributed by atoms with van der Waals surface area (Å²) in [5.74, 6) is 0. The topological polar surface area (TPSA) is 20.7 Å². The molecule has 0 aliphatic heterocycles. The number of benzene rings is 7. The number of H-pyrrole nitrogens is 1. The number of aromatic nitrogens is 2. The maximum absolute atomic E-state index is 3.88. The summed E-state index contributed by atoms with van der Waals surface area (Å²) in [6.07, 6.45) is 0. The maximum atomic E-state index is 3.88. The third-order valence-electron chi connectivity index (χ3n) is 10.8. The van der Waals surface area contributed by atoms with Crippen molar-refractivity contribution in [1.82, 2.24) is 9.55 Å². The van der Waals surface area contributed by atoms with Gasteiger partial charge in [0.15, 0.2) is 0 Å². The molecule has 0 fully saturated rings. The molecule has 7 aromatic carbocycles. The quantitative estimate of drug-likeness (QED) is 0.195. The molecule has 9 aromatic rings. The van der Waals surface area contributed by atoms with Crippen molar-refractivity contribution in [3.8, 4) is 16.8 Å². The van der Waals surface area contributed by atoms with E-state index in [4.69, 9.17) is 0 Å². The molecule has 2 heteroatoms. The first-order valence-electron chi connectivity index (χ1n) is 17.5. The Bertz CT molecular complexity index is 2700. The molecular formula is C47H42N2. The van der Waals surface area contributed by atoms with Gasteiger partial charge in [0.2, 0.25) is 0 Å². The number of aryl methyl sites for hydroxylation is 1. The summed E-state index contributed by atoms with van der Waals surface area (Å²) in [5, 5.41) is 10.3. The van der Waals surface area contributed by atoms with Crippen molar-refractivity contribution in [1.29, 1.82) is 0 Å². The summed E-state index contributed by atoms with van der Waals surface area (Å²) in [6, 6.07) is 45.6. The predicted octanol–water partition coefficient (Wildman–Crippen LogP) is 13.3. The van der Waals surface area contributed by atoms with E-state index in [2.05, 4.69) is 179 Å². The number of nitrogens with one attached hydrogen (secondary N) is 1. The van der Waals surface area contributed by atoms with Crippen LogP contribution in [0.4, 0.5) is 0 Å². The first kappa shape index (κ1) is 29.8. The molecule has 0 saturated heterocycles. The normalized spacial score (nSPS) is 12.8. The second-order valence-electron chi connectivity index (χ2n) is 16.0. The summed E-state index contributed by atoms with van der Waals surface area (Å²) >= 11 is 0. The number of hydrogen-bond acceptors (Lipinski definition) is 0. The Kier molecular flexibility index (Phi) is 6.28. The van der Waals surface area contributed by atoms with Crippen LogP contribution < -0.4 is 0 Å². The van der Waals surface area contributed by atoms with Crippen LogP contribution in [-0.2, 0) is 10.8 Å². The van der Waals surface area contributed by atoms with Crippen LogP contribution in [0, 0.1) is 6.92 Å². The smallest absolute Gasteiger partial charge is 0.0547 e. The Labute approximate surface area is 288 Å². The molecule has 0 radical (unpaired) electrons. The minimum absolute atomic E-state index is 0.00533. The lowest BCUT2D eigenvalue weighted by molar-refractivity contribution is 0.590. The van der Waals surface area contributed by atoms with Gasteiger partial charge in [-0.3, -0.25) is 0 Å². The van der Waals surface area contributed by atoms with E-state index in [1.54, 1.807) is 0 Å². The van der Waals surface area contributed by atoms with Gasteiger partial charge in [-0.15, -0.1) is 0 Å². The zero-order chi connectivity index (χ0) is 33.8. The van der Waals surface area contributed by atoms with Crippen LogP contribution >= 0.6 is 0 Å². The van der Waals surface area contributed by atoms with E-state index in [9.17, 15) is 0 Å². The first-order valence-corrected chi connectivity index (χ1v) is 17.5. The van der Waals surface area contributed by atoms with Crippen molar-refractivity contribution in [2.75, 3.05) is 0 Å². The fourth-order valence-electron chi connectivity index (χ4n) is 7.98. The first-order chi connectivity index (χ1) is 23.5. The molecule has 2 nitrogen and oxygen atoms in total. The van der Waals surface area contributed by atoms with E-state index >= 15 is 0 Å². The van der Waals surface area contributed by atoms with Gasteiger partial charge in [-0.2, -0.15) is 0 Å². The minimum Gasteiger partial charge on any atom is -0.354 e. The van der Waals surface area contributed by atoms with E-state index in [1.807, 2.05) is 0 Å². The average molecular weight is 635 g/mol. The van der Waals surface area contributed by atoms with Gasteiger partial charge in [-0.05, 0) is 110 Å². The van der Waals surface area contributed by atoms with Crippen LogP contribution in [0.1, 0.15) is 58.2 Å². The van der Waals surface area contributed by atoms with Gasteiger partial charge in [0, 0.05) is 38.3 Å².